The second-order valence-corrected chi connectivity index (χ2v) is 4.66. The number of hydrogen-bond acceptors (Lipinski definition) is 2. The Bertz CT molecular complexity index is 705. The normalized spacial score (nSPS) is 10.2. The van der Waals surface area contributed by atoms with Crippen molar-refractivity contribution in [3.63, 3.8) is 0 Å². The quantitative estimate of drug-likeness (QED) is 0.671. The van der Waals surface area contributed by atoms with Gasteiger partial charge in [0.15, 0.2) is 0 Å². The number of anilines is 3. The third-order valence-corrected chi connectivity index (χ3v) is 3.21. The van der Waals surface area contributed by atoms with E-state index in [1.165, 1.54) is 11.1 Å². The van der Waals surface area contributed by atoms with Gasteiger partial charge in [0.1, 0.15) is 0 Å². The summed E-state index contributed by atoms with van der Waals surface area (Å²) in [5.74, 6) is 0. The molecule has 0 spiro atoms. The first-order valence-electron chi connectivity index (χ1n) is 6.60. The Morgan fingerprint density at radius 1 is 0.650 bits per heavy atom. The van der Waals surface area contributed by atoms with Gasteiger partial charge in [0, 0.05) is 5.69 Å². The number of hydrogen-bond donors (Lipinski definition) is 2. The van der Waals surface area contributed by atoms with Crippen LogP contribution in [-0.4, -0.2) is 0 Å². The highest BCUT2D eigenvalue weighted by Crippen LogP contribution is 2.26. The predicted octanol–water partition coefficient (Wildman–Crippen LogP) is 4.68. The predicted molar refractivity (Wildman–Crippen MR) is 86.0 cm³/mol. The average Bonchev–Trinajstić information content (AvgIpc) is 2.51. The van der Waals surface area contributed by atoms with Crippen LogP contribution in [0.15, 0.2) is 78.9 Å². The van der Waals surface area contributed by atoms with E-state index in [2.05, 4.69) is 29.6 Å². The van der Waals surface area contributed by atoms with Crippen LogP contribution in [0.25, 0.3) is 11.1 Å². The minimum Gasteiger partial charge on any atom is -0.397 e. The van der Waals surface area contributed by atoms with Crippen molar-refractivity contribution in [3.8, 4) is 11.1 Å². The maximum Gasteiger partial charge on any atom is 0.0617 e. The number of nitrogen functional groups attached to an aromatic ring is 1. The molecule has 0 heterocycles. The molecule has 20 heavy (non-hydrogen) atoms. The zero-order chi connectivity index (χ0) is 13.8. The number of nitrogens with two attached hydrogens (primary N) is 1. The van der Waals surface area contributed by atoms with Crippen LogP contribution in [0.1, 0.15) is 0 Å². The summed E-state index contributed by atoms with van der Waals surface area (Å²) in [6.07, 6.45) is 0. The first-order valence-corrected chi connectivity index (χ1v) is 6.60. The summed E-state index contributed by atoms with van der Waals surface area (Å²) in [5, 5.41) is 3.36. The van der Waals surface area contributed by atoms with E-state index in [0.29, 0.717) is 0 Å². The molecule has 3 aromatic carbocycles. The Morgan fingerprint density at radius 3 is 2.15 bits per heavy atom. The fraction of sp³-hybridized carbons (Fsp3) is 0. The molecule has 3 N–H and O–H groups in total. The summed E-state index contributed by atoms with van der Waals surface area (Å²) in [7, 11) is 0. The number of nitrogens with one attached hydrogen (secondary N) is 1. The molecular weight excluding hydrogens is 244 g/mol. The molecule has 0 bridgehead atoms. The Balaban J connectivity index is 1.91. The first-order chi connectivity index (χ1) is 9.83. The molecule has 3 rings (SSSR count). The zero-order valence-corrected chi connectivity index (χ0v) is 11.1. The van der Waals surface area contributed by atoms with Gasteiger partial charge in [0.2, 0.25) is 0 Å². The van der Waals surface area contributed by atoms with Crippen LogP contribution < -0.4 is 11.1 Å². The van der Waals surface area contributed by atoms with Gasteiger partial charge in [-0.1, -0.05) is 54.6 Å². The fourth-order valence-corrected chi connectivity index (χ4v) is 2.17. The molecule has 0 fully saturated rings. The SMILES string of the molecule is Nc1ccccc1Nc1cccc(-c2ccccc2)c1. The molecule has 2 heteroatoms. The summed E-state index contributed by atoms with van der Waals surface area (Å²) in [4.78, 5) is 0. The van der Waals surface area contributed by atoms with Crippen molar-refractivity contribution in [3.05, 3.63) is 78.9 Å². The van der Waals surface area contributed by atoms with Gasteiger partial charge in [-0.15, -0.1) is 0 Å². The van der Waals surface area contributed by atoms with E-state index in [1.54, 1.807) is 0 Å². The molecular formula is C18H16N2. The second-order valence-electron chi connectivity index (χ2n) is 4.66. The summed E-state index contributed by atoms with van der Waals surface area (Å²) in [6.45, 7) is 0. The van der Waals surface area contributed by atoms with Crippen LogP contribution in [0, 0.1) is 0 Å². The topological polar surface area (TPSA) is 38.0 Å². The number of benzene rings is 3. The summed E-state index contributed by atoms with van der Waals surface area (Å²) in [6, 6.07) is 26.4. The van der Waals surface area contributed by atoms with Crippen molar-refractivity contribution in [1.29, 1.82) is 0 Å². The van der Waals surface area contributed by atoms with Crippen LogP contribution in [0.5, 0.6) is 0 Å². The molecule has 0 saturated carbocycles. The molecule has 98 valence electrons. The molecule has 0 aliphatic heterocycles. The van der Waals surface area contributed by atoms with Gasteiger partial charge in [-0.2, -0.15) is 0 Å². The Hall–Kier alpha value is -2.74. The molecule has 0 aliphatic rings. The van der Waals surface area contributed by atoms with Crippen LogP contribution >= 0.6 is 0 Å². The van der Waals surface area contributed by atoms with Crippen molar-refractivity contribution in [2.75, 3.05) is 11.1 Å². The van der Waals surface area contributed by atoms with E-state index in [9.17, 15) is 0 Å². The minimum absolute atomic E-state index is 0.748. The average molecular weight is 260 g/mol. The zero-order valence-electron chi connectivity index (χ0n) is 11.1. The maximum atomic E-state index is 5.96. The molecule has 0 unspecified atom stereocenters. The smallest absolute Gasteiger partial charge is 0.0617 e. The number of rotatable bonds is 3. The lowest BCUT2D eigenvalue weighted by Crippen LogP contribution is -1.95. The van der Waals surface area contributed by atoms with Crippen molar-refractivity contribution in [2.24, 2.45) is 0 Å². The van der Waals surface area contributed by atoms with Gasteiger partial charge in [0.05, 0.1) is 11.4 Å². The molecule has 2 nitrogen and oxygen atoms in total. The molecule has 3 aromatic rings. The largest absolute Gasteiger partial charge is 0.397 e. The molecule has 0 saturated heterocycles. The highest BCUT2D eigenvalue weighted by molar-refractivity contribution is 5.75. The van der Waals surface area contributed by atoms with Crippen molar-refractivity contribution in [1.82, 2.24) is 0 Å². The van der Waals surface area contributed by atoms with Gasteiger partial charge in [-0.3, -0.25) is 0 Å². The van der Waals surface area contributed by atoms with Crippen LogP contribution in [0.2, 0.25) is 0 Å². The molecule has 0 amide bonds. The molecule has 0 aliphatic carbocycles. The second kappa shape index (κ2) is 5.49. The highest BCUT2D eigenvalue weighted by atomic mass is 14.9. The van der Waals surface area contributed by atoms with E-state index < -0.39 is 0 Å². The maximum absolute atomic E-state index is 5.96. The number of para-hydroxylation sites is 2. The van der Waals surface area contributed by atoms with Crippen LogP contribution in [0.4, 0.5) is 17.1 Å². The molecule has 0 radical (unpaired) electrons. The van der Waals surface area contributed by atoms with Crippen molar-refractivity contribution in [2.45, 2.75) is 0 Å². The standard InChI is InChI=1S/C18H16N2/c19-17-11-4-5-12-18(17)20-16-10-6-9-15(13-16)14-7-2-1-3-8-14/h1-13,20H,19H2. The van der Waals surface area contributed by atoms with Gasteiger partial charge in [-0.05, 0) is 35.4 Å². The minimum atomic E-state index is 0.748. The van der Waals surface area contributed by atoms with Gasteiger partial charge >= 0.3 is 0 Å². The Labute approximate surface area is 118 Å². The van der Waals surface area contributed by atoms with E-state index in [4.69, 9.17) is 5.73 Å². The summed E-state index contributed by atoms with van der Waals surface area (Å²) in [5.41, 5.74) is 11.1. The third kappa shape index (κ3) is 2.64. The molecule has 0 aromatic heterocycles. The van der Waals surface area contributed by atoms with Crippen molar-refractivity contribution >= 4 is 17.1 Å². The van der Waals surface area contributed by atoms with Gasteiger partial charge in [0.25, 0.3) is 0 Å². The molecule has 0 atom stereocenters. The monoisotopic (exact) mass is 260 g/mol. The summed E-state index contributed by atoms with van der Waals surface area (Å²) >= 11 is 0. The van der Waals surface area contributed by atoms with Crippen molar-refractivity contribution < 1.29 is 0 Å². The lowest BCUT2D eigenvalue weighted by atomic mass is 10.1. The summed E-state index contributed by atoms with van der Waals surface area (Å²) < 4.78 is 0. The van der Waals surface area contributed by atoms with E-state index >= 15 is 0 Å². The first kappa shape index (κ1) is 12.3. The Kier molecular flexibility index (Phi) is 3.38. The highest BCUT2D eigenvalue weighted by Gasteiger charge is 2.01. The van der Waals surface area contributed by atoms with Gasteiger partial charge < -0.3 is 11.1 Å². The third-order valence-electron chi connectivity index (χ3n) is 3.21. The lowest BCUT2D eigenvalue weighted by Gasteiger charge is -2.10. The Morgan fingerprint density at radius 2 is 1.35 bits per heavy atom. The van der Waals surface area contributed by atoms with E-state index in [-0.39, 0.29) is 0 Å². The van der Waals surface area contributed by atoms with E-state index in [0.717, 1.165) is 17.1 Å². The fourth-order valence-electron chi connectivity index (χ4n) is 2.17. The van der Waals surface area contributed by atoms with Crippen LogP contribution in [-0.2, 0) is 0 Å². The lowest BCUT2D eigenvalue weighted by molar-refractivity contribution is 1.54. The van der Waals surface area contributed by atoms with E-state index in [1.807, 2.05) is 54.6 Å². The van der Waals surface area contributed by atoms with Crippen LogP contribution in [0.3, 0.4) is 0 Å². The van der Waals surface area contributed by atoms with Gasteiger partial charge in [-0.25, -0.2) is 0 Å².